The molecule has 1 N–H and O–H groups in total. The van der Waals surface area contributed by atoms with E-state index in [1.54, 1.807) is 11.3 Å². The number of halogens is 1. The van der Waals surface area contributed by atoms with E-state index >= 15 is 0 Å². The van der Waals surface area contributed by atoms with E-state index in [9.17, 15) is 4.79 Å². The van der Waals surface area contributed by atoms with Gasteiger partial charge in [0.1, 0.15) is 5.01 Å². The highest BCUT2D eigenvalue weighted by atomic mass is 35.5. The van der Waals surface area contributed by atoms with Gasteiger partial charge in [-0.15, -0.1) is 11.3 Å². The molecule has 0 atom stereocenters. The number of rotatable bonds is 3. The van der Waals surface area contributed by atoms with Gasteiger partial charge in [-0.3, -0.25) is 4.79 Å². The molecule has 104 valence electrons. The summed E-state index contributed by atoms with van der Waals surface area (Å²) >= 11 is 7.72. The first-order valence-electron chi connectivity index (χ1n) is 6.26. The van der Waals surface area contributed by atoms with Crippen molar-refractivity contribution in [1.29, 1.82) is 0 Å². The molecule has 0 fully saturated rings. The summed E-state index contributed by atoms with van der Waals surface area (Å²) < 4.78 is 0.984. The number of nitrogens with zero attached hydrogens (tertiary/aromatic N) is 1. The van der Waals surface area contributed by atoms with Gasteiger partial charge in [-0.1, -0.05) is 24.2 Å². The van der Waals surface area contributed by atoms with Crippen LogP contribution < -0.4 is 5.32 Å². The third-order valence-corrected chi connectivity index (χ3v) is 4.53. The molecule has 0 bridgehead atoms. The van der Waals surface area contributed by atoms with E-state index in [1.807, 2.05) is 42.5 Å². The number of carbonyl (C=O) groups is 1. The zero-order valence-electron chi connectivity index (χ0n) is 11.0. The van der Waals surface area contributed by atoms with Crippen molar-refractivity contribution in [1.82, 2.24) is 4.98 Å². The molecule has 21 heavy (non-hydrogen) atoms. The maximum Gasteiger partial charge on any atom is 0.247 e. The van der Waals surface area contributed by atoms with Crippen LogP contribution in [0.5, 0.6) is 0 Å². The van der Waals surface area contributed by atoms with Crippen LogP contribution in [0.15, 0.2) is 55.1 Å². The highest BCUT2D eigenvalue weighted by molar-refractivity contribution is 7.22. The van der Waals surface area contributed by atoms with Crippen molar-refractivity contribution >= 4 is 44.7 Å². The number of amides is 1. The number of hydrogen-bond donors (Lipinski definition) is 1. The van der Waals surface area contributed by atoms with Crippen LogP contribution in [0, 0.1) is 0 Å². The van der Waals surface area contributed by atoms with Crippen molar-refractivity contribution in [3.8, 4) is 10.6 Å². The molecule has 2 aromatic carbocycles. The van der Waals surface area contributed by atoms with Crippen LogP contribution in [0.3, 0.4) is 0 Å². The Morgan fingerprint density at radius 3 is 2.67 bits per heavy atom. The minimum absolute atomic E-state index is 0.227. The molecule has 1 heterocycles. The zero-order valence-corrected chi connectivity index (χ0v) is 12.5. The first-order valence-corrected chi connectivity index (χ1v) is 7.46. The van der Waals surface area contributed by atoms with Crippen molar-refractivity contribution in [2.45, 2.75) is 0 Å². The fourth-order valence-electron chi connectivity index (χ4n) is 1.93. The van der Waals surface area contributed by atoms with Gasteiger partial charge in [0.25, 0.3) is 0 Å². The molecule has 0 saturated carbocycles. The van der Waals surface area contributed by atoms with E-state index in [0.717, 1.165) is 26.5 Å². The van der Waals surface area contributed by atoms with Gasteiger partial charge in [0.15, 0.2) is 0 Å². The molecule has 0 aliphatic carbocycles. The fourth-order valence-corrected chi connectivity index (χ4v) is 3.19. The lowest BCUT2D eigenvalue weighted by Gasteiger charge is -2.02. The van der Waals surface area contributed by atoms with Crippen LogP contribution in [-0.2, 0) is 4.79 Å². The number of thiazole rings is 1. The third-order valence-electron chi connectivity index (χ3n) is 2.95. The average Bonchev–Trinajstić information content (AvgIpc) is 2.93. The van der Waals surface area contributed by atoms with Crippen molar-refractivity contribution < 1.29 is 4.79 Å². The zero-order chi connectivity index (χ0) is 14.8. The highest BCUT2D eigenvalue weighted by Gasteiger charge is 2.08. The highest BCUT2D eigenvalue weighted by Crippen LogP contribution is 2.34. The van der Waals surface area contributed by atoms with E-state index in [4.69, 9.17) is 11.6 Å². The van der Waals surface area contributed by atoms with Gasteiger partial charge in [0, 0.05) is 11.3 Å². The minimum Gasteiger partial charge on any atom is -0.323 e. The Labute approximate surface area is 130 Å². The maximum atomic E-state index is 11.2. The molecule has 0 aliphatic heterocycles. The standard InChI is InChI=1S/C16H11ClN2OS/c1-2-14(20)18-11-8-6-10(7-9-11)16-19-13-5-3-4-12(17)15(13)21-16/h2-9H,1H2,(H,18,20). The first kappa shape index (κ1) is 13.8. The SMILES string of the molecule is C=CC(=O)Nc1ccc(-c2nc3cccc(Cl)c3s2)cc1. The first-order chi connectivity index (χ1) is 10.2. The number of fused-ring (bicyclic) bond motifs is 1. The van der Waals surface area contributed by atoms with Crippen LogP contribution in [0.1, 0.15) is 0 Å². The van der Waals surface area contributed by atoms with Crippen LogP contribution >= 0.6 is 22.9 Å². The number of hydrogen-bond acceptors (Lipinski definition) is 3. The van der Waals surface area contributed by atoms with Crippen LogP contribution in [0.4, 0.5) is 5.69 Å². The quantitative estimate of drug-likeness (QED) is 0.709. The summed E-state index contributed by atoms with van der Waals surface area (Å²) in [4.78, 5) is 15.8. The van der Waals surface area contributed by atoms with Gasteiger partial charge in [-0.05, 0) is 42.5 Å². The molecule has 0 unspecified atom stereocenters. The summed E-state index contributed by atoms with van der Waals surface area (Å²) in [5.74, 6) is -0.227. The summed E-state index contributed by atoms with van der Waals surface area (Å²) in [5, 5.41) is 4.33. The third kappa shape index (κ3) is 2.82. The van der Waals surface area contributed by atoms with Crippen molar-refractivity contribution in [2.24, 2.45) is 0 Å². The van der Waals surface area contributed by atoms with E-state index in [-0.39, 0.29) is 5.91 Å². The molecule has 0 saturated heterocycles. The van der Waals surface area contributed by atoms with Crippen LogP contribution in [0.25, 0.3) is 20.8 Å². The second kappa shape index (κ2) is 5.68. The Morgan fingerprint density at radius 1 is 1.24 bits per heavy atom. The van der Waals surface area contributed by atoms with Crippen LogP contribution in [0.2, 0.25) is 5.02 Å². The Balaban J connectivity index is 1.93. The number of anilines is 1. The van der Waals surface area contributed by atoms with Gasteiger partial charge in [0.05, 0.1) is 15.2 Å². The largest absolute Gasteiger partial charge is 0.323 e. The monoisotopic (exact) mass is 314 g/mol. The normalized spacial score (nSPS) is 10.5. The predicted molar refractivity (Wildman–Crippen MR) is 88.9 cm³/mol. The Morgan fingerprint density at radius 2 is 2.00 bits per heavy atom. The number of nitrogens with one attached hydrogen (secondary N) is 1. The molecule has 0 spiro atoms. The van der Waals surface area contributed by atoms with Crippen molar-refractivity contribution in [3.63, 3.8) is 0 Å². The molecule has 1 amide bonds. The molecule has 5 heteroatoms. The van der Waals surface area contributed by atoms with Crippen LogP contribution in [-0.4, -0.2) is 10.9 Å². The van der Waals surface area contributed by atoms with Gasteiger partial charge in [-0.2, -0.15) is 0 Å². The lowest BCUT2D eigenvalue weighted by Crippen LogP contribution is -2.06. The number of carbonyl (C=O) groups excluding carboxylic acids is 1. The molecule has 0 radical (unpaired) electrons. The Bertz CT molecular complexity index is 824. The molecule has 1 aromatic heterocycles. The van der Waals surface area contributed by atoms with E-state index in [0.29, 0.717) is 5.02 Å². The summed E-state index contributed by atoms with van der Waals surface area (Å²) in [5.41, 5.74) is 2.61. The Hall–Kier alpha value is -2.17. The topological polar surface area (TPSA) is 42.0 Å². The smallest absolute Gasteiger partial charge is 0.247 e. The van der Waals surface area contributed by atoms with E-state index in [2.05, 4.69) is 16.9 Å². The van der Waals surface area contributed by atoms with Gasteiger partial charge < -0.3 is 5.32 Å². The second-order valence-electron chi connectivity index (χ2n) is 4.38. The van der Waals surface area contributed by atoms with E-state index in [1.165, 1.54) is 6.08 Å². The maximum absolute atomic E-state index is 11.2. The summed E-state index contributed by atoms with van der Waals surface area (Å²) in [6.45, 7) is 3.42. The number of benzene rings is 2. The average molecular weight is 315 g/mol. The van der Waals surface area contributed by atoms with Gasteiger partial charge >= 0.3 is 0 Å². The van der Waals surface area contributed by atoms with Gasteiger partial charge in [-0.25, -0.2) is 4.98 Å². The molecular formula is C16H11ClN2OS. The lowest BCUT2D eigenvalue weighted by atomic mass is 10.2. The molecule has 0 aliphatic rings. The molecule has 3 nitrogen and oxygen atoms in total. The van der Waals surface area contributed by atoms with Crippen molar-refractivity contribution in [2.75, 3.05) is 5.32 Å². The van der Waals surface area contributed by atoms with Crippen molar-refractivity contribution in [3.05, 3.63) is 60.1 Å². The number of aromatic nitrogens is 1. The van der Waals surface area contributed by atoms with Gasteiger partial charge in [0.2, 0.25) is 5.91 Å². The van der Waals surface area contributed by atoms with E-state index < -0.39 is 0 Å². The predicted octanol–water partition coefficient (Wildman–Crippen LogP) is 4.74. The fraction of sp³-hybridized carbons (Fsp3) is 0. The molecule has 3 rings (SSSR count). The lowest BCUT2D eigenvalue weighted by molar-refractivity contribution is -0.111. The summed E-state index contributed by atoms with van der Waals surface area (Å²) in [6.07, 6.45) is 1.24. The molecule has 3 aromatic rings. The second-order valence-corrected chi connectivity index (χ2v) is 5.78. The summed E-state index contributed by atoms with van der Waals surface area (Å²) in [6, 6.07) is 13.2. The summed E-state index contributed by atoms with van der Waals surface area (Å²) in [7, 11) is 0. The molecular weight excluding hydrogens is 304 g/mol. The minimum atomic E-state index is -0.227. The Kier molecular flexibility index (Phi) is 3.73.